The van der Waals surface area contributed by atoms with Gasteiger partial charge in [-0.1, -0.05) is 0 Å². The number of alkyl halides is 2. The van der Waals surface area contributed by atoms with E-state index >= 15 is 0 Å². The van der Waals surface area contributed by atoms with Crippen LogP contribution in [-0.4, -0.2) is 45.8 Å². The third kappa shape index (κ3) is 2.96. The first-order valence-electron chi connectivity index (χ1n) is 6.82. The van der Waals surface area contributed by atoms with Gasteiger partial charge in [-0.2, -0.15) is 0 Å². The summed E-state index contributed by atoms with van der Waals surface area (Å²) in [5.41, 5.74) is -0.855. The van der Waals surface area contributed by atoms with Gasteiger partial charge in [-0.05, 0) is 51.6 Å². The number of aliphatic hydroxyl groups excluding tert-OH is 1. The molecule has 0 aromatic heterocycles. The van der Waals surface area contributed by atoms with Crippen molar-refractivity contribution < 1.29 is 10.2 Å². The van der Waals surface area contributed by atoms with Gasteiger partial charge in [0.25, 0.3) is 0 Å². The van der Waals surface area contributed by atoms with Gasteiger partial charge < -0.3 is 15.5 Å². The molecule has 3 N–H and O–H groups in total. The smallest absolute Gasteiger partial charge is 0.0701 e. The average Bonchev–Trinajstić information content (AvgIpc) is 2.34. The van der Waals surface area contributed by atoms with Crippen LogP contribution >= 0.6 is 23.2 Å². The first kappa shape index (κ1) is 14.9. The first-order chi connectivity index (χ1) is 8.43. The molecule has 0 aromatic rings. The zero-order valence-corrected chi connectivity index (χ0v) is 12.3. The third-order valence-electron chi connectivity index (χ3n) is 4.72. The minimum atomic E-state index is -0.855. The van der Waals surface area contributed by atoms with E-state index in [1.165, 1.54) is 0 Å². The van der Waals surface area contributed by atoms with E-state index in [4.69, 9.17) is 23.2 Å². The maximum absolute atomic E-state index is 10.8. The molecule has 18 heavy (non-hydrogen) atoms. The molecule has 3 nitrogen and oxygen atoms in total. The Morgan fingerprint density at radius 1 is 1.11 bits per heavy atom. The predicted molar refractivity (Wildman–Crippen MR) is 74.2 cm³/mol. The van der Waals surface area contributed by atoms with Crippen LogP contribution in [0.2, 0.25) is 0 Å². The SMILES string of the molecule is C[C@](O)(C1CCNCC1)C1CC(Cl)C(Cl)CC1O. The van der Waals surface area contributed by atoms with Crippen LogP contribution in [0, 0.1) is 11.8 Å². The van der Waals surface area contributed by atoms with Crippen molar-refractivity contribution in [3.05, 3.63) is 0 Å². The third-order valence-corrected chi connectivity index (χ3v) is 5.81. The summed E-state index contributed by atoms with van der Waals surface area (Å²) in [6, 6.07) is 0. The molecule has 1 saturated heterocycles. The molecule has 106 valence electrons. The molecule has 2 rings (SSSR count). The topological polar surface area (TPSA) is 52.5 Å². The number of rotatable bonds is 2. The van der Waals surface area contributed by atoms with Crippen LogP contribution in [0.1, 0.15) is 32.6 Å². The minimum Gasteiger partial charge on any atom is -0.393 e. The molecule has 2 aliphatic rings. The Hall–Kier alpha value is 0.460. The second kappa shape index (κ2) is 5.84. The number of hydrogen-bond acceptors (Lipinski definition) is 3. The number of halogens is 2. The normalized spacial score (nSPS) is 42.5. The predicted octanol–water partition coefficient (Wildman–Crippen LogP) is 1.72. The van der Waals surface area contributed by atoms with E-state index in [0.29, 0.717) is 12.8 Å². The molecule has 1 aliphatic carbocycles. The van der Waals surface area contributed by atoms with Crippen molar-refractivity contribution in [1.82, 2.24) is 5.32 Å². The second-order valence-corrected chi connectivity index (χ2v) is 7.05. The molecule has 0 amide bonds. The Labute approximate surface area is 119 Å². The fourth-order valence-corrected chi connectivity index (χ4v) is 4.01. The zero-order valence-electron chi connectivity index (χ0n) is 10.8. The van der Waals surface area contributed by atoms with E-state index in [1.54, 1.807) is 0 Å². The van der Waals surface area contributed by atoms with E-state index in [1.807, 2.05) is 6.92 Å². The lowest BCUT2D eigenvalue weighted by Crippen LogP contribution is -2.54. The van der Waals surface area contributed by atoms with Crippen LogP contribution in [0.25, 0.3) is 0 Å². The van der Waals surface area contributed by atoms with Gasteiger partial charge in [0.15, 0.2) is 0 Å². The maximum Gasteiger partial charge on any atom is 0.0701 e. The number of piperidine rings is 1. The molecule has 0 aromatic carbocycles. The van der Waals surface area contributed by atoms with Crippen molar-refractivity contribution in [2.24, 2.45) is 11.8 Å². The summed E-state index contributed by atoms with van der Waals surface area (Å²) in [5, 5.41) is 24.0. The average molecular weight is 296 g/mol. The van der Waals surface area contributed by atoms with E-state index in [9.17, 15) is 10.2 Å². The molecule has 1 aliphatic heterocycles. The zero-order chi connectivity index (χ0) is 13.3. The fraction of sp³-hybridized carbons (Fsp3) is 1.00. The highest BCUT2D eigenvalue weighted by Crippen LogP contribution is 2.42. The van der Waals surface area contributed by atoms with Crippen molar-refractivity contribution in [1.29, 1.82) is 0 Å². The molecule has 5 heteroatoms. The molecule has 4 unspecified atom stereocenters. The Morgan fingerprint density at radius 2 is 1.67 bits per heavy atom. The van der Waals surface area contributed by atoms with E-state index in [-0.39, 0.29) is 22.6 Å². The number of aliphatic hydroxyl groups is 2. The molecule has 0 bridgehead atoms. The standard InChI is InChI=1S/C13H23Cl2NO2/c1-13(18,8-2-4-16-5-3-8)9-6-10(14)11(15)7-12(9)17/h8-12,16-18H,2-7H2,1H3/t9?,10?,11?,12?,13-/m0/s1. The summed E-state index contributed by atoms with van der Waals surface area (Å²) in [5.74, 6) is 0.0623. The van der Waals surface area contributed by atoms with Gasteiger partial charge in [0.05, 0.1) is 22.5 Å². The second-order valence-electron chi connectivity index (χ2n) is 5.93. The highest BCUT2D eigenvalue weighted by molar-refractivity contribution is 6.30. The number of hydrogen-bond donors (Lipinski definition) is 3. The van der Waals surface area contributed by atoms with Gasteiger partial charge in [0.1, 0.15) is 0 Å². The van der Waals surface area contributed by atoms with Crippen LogP contribution in [0.3, 0.4) is 0 Å². The minimum absolute atomic E-state index is 0.159. The molecule has 0 spiro atoms. The van der Waals surface area contributed by atoms with Crippen LogP contribution in [0.5, 0.6) is 0 Å². The highest BCUT2D eigenvalue weighted by Gasteiger charge is 2.47. The Kier molecular flexibility index (Phi) is 4.82. The van der Waals surface area contributed by atoms with Gasteiger partial charge in [-0.25, -0.2) is 0 Å². The summed E-state index contributed by atoms with van der Waals surface area (Å²) in [6.45, 7) is 3.73. The molecule has 2 fully saturated rings. The van der Waals surface area contributed by atoms with Crippen LogP contribution < -0.4 is 5.32 Å². The van der Waals surface area contributed by atoms with E-state index < -0.39 is 11.7 Å². The highest BCUT2D eigenvalue weighted by atomic mass is 35.5. The Morgan fingerprint density at radius 3 is 2.28 bits per heavy atom. The molecule has 5 atom stereocenters. The van der Waals surface area contributed by atoms with Crippen molar-refractivity contribution in [3.63, 3.8) is 0 Å². The Balaban J connectivity index is 2.07. The molecule has 1 heterocycles. The van der Waals surface area contributed by atoms with Gasteiger partial charge in [-0.3, -0.25) is 0 Å². The van der Waals surface area contributed by atoms with Crippen molar-refractivity contribution in [2.45, 2.75) is 55.1 Å². The van der Waals surface area contributed by atoms with E-state index in [2.05, 4.69) is 5.32 Å². The summed E-state index contributed by atoms with van der Waals surface area (Å²) >= 11 is 12.3. The first-order valence-corrected chi connectivity index (χ1v) is 7.69. The summed E-state index contributed by atoms with van der Waals surface area (Å²) < 4.78 is 0. The van der Waals surface area contributed by atoms with Crippen LogP contribution in [-0.2, 0) is 0 Å². The summed E-state index contributed by atoms with van der Waals surface area (Å²) in [4.78, 5) is 0. The fourth-order valence-electron chi connectivity index (χ4n) is 3.43. The van der Waals surface area contributed by atoms with Gasteiger partial charge in [0, 0.05) is 5.92 Å². The lowest BCUT2D eigenvalue weighted by molar-refractivity contribution is -0.115. The maximum atomic E-state index is 10.8. The van der Waals surface area contributed by atoms with Gasteiger partial charge in [0.2, 0.25) is 0 Å². The molecular formula is C13H23Cl2NO2. The van der Waals surface area contributed by atoms with Crippen molar-refractivity contribution in [3.8, 4) is 0 Å². The number of nitrogens with one attached hydrogen (secondary N) is 1. The molecular weight excluding hydrogens is 273 g/mol. The lowest BCUT2D eigenvalue weighted by Gasteiger charge is -2.47. The Bertz CT molecular complexity index is 282. The molecule has 0 radical (unpaired) electrons. The van der Waals surface area contributed by atoms with Gasteiger partial charge in [-0.15, -0.1) is 23.2 Å². The van der Waals surface area contributed by atoms with E-state index in [0.717, 1.165) is 25.9 Å². The summed E-state index contributed by atoms with van der Waals surface area (Å²) in [7, 11) is 0. The van der Waals surface area contributed by atoms with Crippen LogP contribution in [0.15, 0.2) is 0 Å². The monoisotopic (exact) mass is 295 g/mol. The summed E-state index contributed by atoms with van der Waals surface area (Å²) in [6.07, 6.45) is 2.42. The van der Waals surface area contributed by atoms with Crippen LogP contribution in [0.4, 0.5) is 0 Å². The van der Waals surface area contributed by atoms with Crippen molar-refractivity contribution >= 4 is 23.2 Å². The van der Waals surface area contributed by atoms with Crippen molar-refractivity contribution in [2.75, 3.05) is 13.1 Å². The molecule has 1 saturated carbocycles. The quantitative estimate of drug-likeness (QED) is 0.680. The largest absolute Gasteiger partial charge is 0.393 e. The van der Waals surface area contributed by atoms with Gasteiger partial charge >= 0.3 is 0 Å². The lowest BCUT2D eigenvalue weighted by atomic mass is 9.67.